The summed E-state index contributed by atoms with van der Waals surface area (Å²) < 4.78 is 2.34. The van der Waals surface area contributed by atoms with E-state index < -0.39 is 0 Å². The highest BCUT2D eigenvalue weighted by Gasteiger charge is 2.21. The Morgan fingerprint density at radius 3 is 2.94 bits per heavy atom. The van der Waals surface area contributed by atoms with Gasteiger partial charge >= 0.3 is 0 Å². The van der Waals surface area contributed by atoms with Crippen LogP contribution in [0.2, 0.25) is 0 Å². The smallest absolute Gasteiger partial charge is 0.222 e. The molecule has 1 amide bonds. The third-order valence-electron chi connectivity index (χ3n) is 3.66. The standard InChI is InChI=1S/C15H18N2O/c1-2-5-15(18)16-8-9-17-13(11-16)10-12-6-3-4-7-14(12)17/h3-4,6-7,10H,2,5,8-9,11H2,1H3. The molecule has 18 heavy (non-hydrogen) atoms. The summed E-state index contributed by atoms with van der Waals surface area (Å²) in [7, 11) is 0. The van der Waals surface area contributed by atoms with Crippen molar-refractivity contribution in [2.45, 2.75) is 32.9 Å². The van der Waals surface area contributed by atoms with Gasteiger partial charge in [-0.25, -0.2) is 0 Å². The Balaban J connectivity index is 1.91. The highest BCUT2D eigenvalue weighted by molar-refractivity contribution is 5.82. The van der Waals surface area contributed by atoms with Gasteiger partial charge in [-0.2, -0.15) is 0 Å². The van der Waals surface area contributed by atoms with Gasteiger partial charge in [-0.15, -0.1) is 0 Å². The fourth-order valence-corrected chi connectivity index (χ4v) is 2.74. The summed E-state index contributed by atoms with van der Waals surface area (Å²) >= 11 is 0. The average molecular weight is 242 g/mol. The van der Waals surface area contributed by atoms with E-state index in [9.17, 15) is 4.79 Å². The highest BCUT2D eigenvalue weighted by Crippen LogP contribution is 2.24. The molecule has 0 fully saturated rings. The molecule has 0 saturated carbocycles. The molecule has 2 aromatic rings. The fraction of sp³-hybridized carbons (Fsp3) is 0.400. The van der Waals surface area contributed by atoms with Crippen molar-refractivity contribution in [2.24, 2.45) is 0 Å². The lowest BCUT2D eigenvalue weighted by Gasteiger charge is -2.29. The predicted molar refractivity (Wildman–Crippen MR) is 72.3 cm³/mol. The summed E-state index contributed by atoms with van der Waals surface area (Å²) in [5.41, 5.74) is 2.54. The minimum absolute atomic E-state index is 0.286. The summed E-state index contributed by atoms with van der Waals surface area (Å²) in [4.78, 5) is 13.9. The van der Waals surface area contributed by atoms with E-state index in [4.69, 9.17) is 0 Å². The molecule has 1 aromatic heterocycles. The quantitative estimate of drug-likeness (QED) is 0.795. The second-order valence-corrected chi connectivity index (χ2v) is 4.91. The van der Waals surface area contributed by atoms with Crippen molar-refractivity contribution in [3.05, 3.63) is 36.0 Å². The van der Waals surface area contributed by atoms with Crippen LogP contribution in [0, 0.1) is 0 Å². The van der Waals surface area contributed by atoms with Gasteiger partial charge < -0.3 is 9.47 Å². The summed E-state index contributed by atoms with van der Waals surface area (Å²) in [6, 6.07) is 10.6. The van der Waals surface area contributed by atoms with Gasteiger partial charge in [0.15, 0.2) is 0 Å². The van der Waals surface area contributed by atoms with Crippen LogP contribution in [0.15, 0.2) is 30.3 Å². The van der Waals surface area contributed by atoms with Crippen LogP contribution < -0.4 is 0 Å². The van der Waals surface area contributed by atoms with E-state index in [1.807, 2.05) is 4.90 Å². The second kappa shape index (κ2) is 4.48. The third-order valence-corrected chi connectivity index (χ3v) is 3.66. The molecular weight excluding hydrogens is 224 g/mol. The molecule has 0 aliphatic carbocycles. The Kier molecular flexibility index (Phi) is 2.82. The molecule has 2 heterocycles. The van der Waals surface area contributed by atoms with Gasteiger partial charge in [0.1, 0.15) is 0 Å². The van der Waals surface area contributed by atoms with E-state index in [0.29, 0.717) is 6.42 Å². The molecule has 1 aromatic carbocycles. The Hall–Kier alpha value is -1.77. The lowest BCUT2D eigenvalue weighted by molar-refractivity contribution is -0.132. The van der Waals surface area contributed by atoms with E-state index >= 15 is 0 Å². The molecule has 0 atom stereocenters. The zero-order chi connectivity index (χ0) is 12.5. The van der Waals surface area contributed by atoms with Crippen LogP contribution in [-0.2, 0) is 17.9 Å². The maximum atomic E-state index is 11.9. The van der Waals surface area contributed by atoms with Gasteiger partial charge in [0.25, 0.3) is 0 Å². The van der Waals surface area contributed by atoms with Crippen molar-refractivity contribution in [1.82, 2.24) is 9.47 Å². The van der Waals surface area contributed by atoms with Gasteiger partial charge in [-0.3, -0.25) is 4.79 Å². The van der Waals surface area contributed by atoms with E-state index in [-0.39, 0.29) is 5.91 Å². The molecule has 3 nitrogen and oxygen atoms in total. The number of fused-ring (bicyclic) bond motifs is 3. The van der Waals surface area contributed by atoms with Crippen LogP contribution in [0.3, 0.4) is 0 Å². The first-order valence-electron chi connectivity index (χ1n) is 6.64. The van der Waals surface area contributed by atoms with Crippen molar-refractivity contribution in [3.63, 3.8) is 0 Å². The maximum absolute atomic E-state index is 11.9. The Morgan fingerprint density at radius 2 is 2.11 bits per heavy atom. The fourth-order valence-electron chi connectivity index (χ4n) is 2.74. The zero-order valence-corrected chi connectivity index (χ0v) is 10.7. The van der Waals surface area contributed by atoms with Crippen LogP contribution in [0.1, 0.15) is 25.5 Å². The minimum atomic E-state index is 0.286. The molecule has 0 spiro atoms. The number of carbonyl (C=O) groups excluding carboxylic acids is 1. The average Bonchev–Trinajstić information content (AvgIpc) is 2.76. The number of hydrogen-bond donors (Lipinski definition) is 0. The molecule has 1 aliphatic rings. The predicted octanol–water partition coefficient (Wildman–Crippen LogP) is 2.78. The van der Waals surface area contributed by atoms with Crippen LogP contribution >= 0.6 is 0 Å². The molecular formula is C15H18N2O. The molecule has 0 N–H and O–H groups in total. The van der Waals surface area contributed by atoms with Crippen LogP contribution in [0.4, 0.5) is 0 Å². The summed E-state index contributed by atoms with van der Waals surface area (Å²) in [5, 5.41) is 1.28. The molecule has 0 unspecified atom stereocenters. The van der Waals surface area contributed by atoms with Gasteiger partial charge in [-0.05, 0) is 23.9 Å². The molecule has 0 radical (unpaired) electrons. The van der Waals surface area contributed by atoms with Gasteiger partial charge in [-0.1, -0.05) is 25.1 Å². The lowest BCUT2D eigenvalue weighted by atomic mass is 10.2. The highest BCUT2D eigenvalue weighted by atomic mass is 16.2. The monoisotopic (exact) mass is 242 g/mol. The number of carbonyl (C=O) groups is 1. The van der Waals surface area contributed by atoms with Crippen molar-refractivity contribution in [3.8, 4) is 0 Å². The van der Waals surface area contributed by atoms with E-state index in [2.05, 4.69) is 41.8 Å². The van der Waals surface area contributed by atoms with Crippen molar-refractivity contribution in [2.75, 3.05) is 6.54 Å². The molecule has 0 bridgehead atoms. The Morgan fingerprint density at radius 1 is 1.28 bits per heavy atom. The Bertz CT molecular complexity index is 585. The van der Waals surface area contributed by atoms with Crippen molar-refractivity contribution < 1.29 is 4.79 Å². The SMILES string of the molecule is CCCC(=O)N1CCn2c(cc3ccccc32)C1. The number of rotatable bonds is 2. The van der Waals surface area contributed by atoms with E-state index in [1.54, 1.807) is 0 Å². The summed E-state index contributed by atoms with van der Waals surface area (Å²) in [5.74, 6) is 0.286. The van der Waals surface area contributed by atoms with Crippen molar-refractivity contribution in [1.29, 1.82) is 0 Å². The molecule has 0 saturated heterocycles. The first kappa shape index (κ1) is 11.3. The first-order chi connectivity index (χ1) is 8.79. The topological polar surface area (TPSA) is 25.2 Å². The van der Waals surface area contributed by atoms with E-state index in [0.717, 1.165) is 26.1 Å². The lowest BCUT2D eigenvalue weighted by Crippen LogP contribution is -2.37. The molecule has 3 rings (SSSR count). The van der Waals surface area contributed by atoms with Crippen molar-refractivity contribution >= 4 is 16.8 Å². The number of hydrogen-bond acceptors (Lipinski definition) is 1. The van der Waals surface area contributed by atoms with Crippen LogP contribution in [0.25, 0.3) is 10.9 Å². The summed E-state index contributed by atoms with van der Waals surface area (Å²) in [6.45, 7) is 4.56. The number of amides is 1. The van der Waals surface area contributed by atoms with Crippen LogP contribution in [0.5, 0.6) is 0 Å². The number of nitrogens with zero attached hydrogens (tertiary/aromatic N) is 2. The first-order valence-corrected chi connectivity index (χ1v) is 6.64. The molecule has 1 aliphatic heterocycles. The largest absolute Gasteiger partial charge is 0.341 e. The zero-order valence-electron chi connectivity index (χ0n) is 10.7. The number of para-hydroxylation sites is 1. The molecule has 3 heteroatoms. The second-order valence-electron chi connectivity index (χ2n) is 4.91. The number of aromatic nitrogens is 1. The minimum Gasteiger partial charge on any atom is -0.341 e. The number of benzene rings is 1. The van der Waals surface area contributed by atoms with Gasteiger partial charge in [0, 0.05) is 30.7 Å². The maximum Gasteiger partial charge on any atom is 0.222 e. The summed E-state index contributed by atoms with van der Waals surface area (Å²) in [6.07, 6.45) is 1.60. The normalized spacial score (nSPS) is 14.8. The van der Waals surface area contributed by atoms with Gasteiger partial charge in [0.2, 0.25) is 5.91 Å². The third kappa shape index (κ3) is 1.80. The molecule has 94 valence electrons. The van der Waals surface area contributed by atoms with Gasteiger partial charge in [0.05, 0.1) is 6.54 Å². The Labute approximate surface area is 107 Å². The van der Waals surface area contributed by atoms with Crippen LogP contribution in [-0.4, -0.2) is 21.9 Å². The van der Waals surface area contributed by atoms with E-state index in [1.165, 1.54) is 16.6 Å².